The maximum Gasteiger partial charge on any atom is 0.319 e. The molecule has 1 aromatic rings. The van der Waals surface area contributed by atoms with Crippen molar-refractivity contribution in [1.82, 2.24) is 10.2 Å². The largest absolute Gasteiger partial charge is 0.389 e. The molecule has 1 fully saturated rings. The molecular weight excluding hydrogens is 266 g/mol. The quantitative estimate of drug-likeness (QED) is 0.780. The summed E-state index contributed by atoms with van der Waals surface area (Å²) in [6, 6.07) is 7.42. The zero-order chi connectivity index (χ0) is 15.2. The van der Waals surface area contributed by atoms with Crippen molar-refractivity contribution in [2.75, 3.05) is 25.0 Å². The van der Waals surface area contributed by atoms with Gasteiger partial charge in [-0.25, -0.2) is 4.79 Å². The fraction of sp³-hybridized carbons (Fsp3) is 0.562. The van der Waals surface area contributed by atoms with Gasteiger partial charge in [-0.2, -0.15) is 0 Å². The molecule has 21 heavy (non-hydrogen) atoms. The van der Waals surface area contributed by atoms with Crippen LogP contribution in [-0.4, -0.2) is 41.7 Å². The zero-order valence-corrected chi connectivity index (χ0v) is 12.8. The molecule has 116 valence electrons. The monoisotopic (exact) mass is 291 g/mol. The number of benzene rings is 1. The van der Waals surface area contributed by atoms with E-state index in [4.69, 9.17) is 0 Å². The van der Waals surface area contributed by atoms with E-state index in [-0.39, 0.29) is 6.03 Å². The summed E-state index contributed by atoms with van der Waals surface area (Å²) in [7, 11) is 0. The van der Waals surface area contributed by atoms with Gasteiger partial charge >= 0.3 is 6.03 Å². The summed E-state index contributed by atoms with van der Waals surface area (Å²) in [6.07, 6.45) is 1.97. The molecule has 1 aliphatic heterocycles. The summed E-state index contributed by atoms with van der Waals surface area (Å²) in [6.45, 7) is 6.74. The number of rotatable bonds is 5. The lowest BCUT2D eigenvalue weighted by Crippen LogP contribution is -2.42. The van der Waals surface area contributed by atoms with Crippen LogP contribution in [0.5, 0.6) is 0 Å². The van der Waals surface area contributed by atoms with Gasteiger partial charge in [0.15, 0.2) is 0 Å². The summed E-state index contributed by atoms with van der Waals surface area (Å²) in [5.74, 6) is 0. The SMILES string of the molecule is CC(O)c1cccc(NC(=O)NCC(C)N2CCCC2)c1. The Morgan fingerprint density at radius 3 is 2.71 bits per heavy atom. The topological polar surface area (TPSA) is 64.6 Å². The summed E-state index contributed by atoms with van der Waals surface area (Å²) in [5.41, 5.74) is 1.48. The molecule has 2 atom stereocenters. The maximum absolute atomic E-state index is 11.9. The van der Waals surface area contributed by atoms with E-state index in [9.17, 15) is 9.90 Å². The molecule has 0 spiro atoms. The molecule has 0 radical (unpaired) electrons. The molecule has 0 bridgehead atoms. The Bertz CT molecular complexity index is 470. The summed E-state index contributed by atoms with van der Waals surface area (Å²) >= 11 is 0. The fourth-order valence-corrected chi connectivity index (χ4v) is 2.60. The lowest BCUT2D eigenvalue weighted by atomic mass is 10.1. The molecule has 2 amide bonds. The second kappa shape index (κ2) is 7.43. The van der Waals surface area contributed by atoms with Gasteiger partial charge in [0.05, 0.1) is 6.10 Å². The molecule has 0 aliphatic carbocycles. The first-order chi connectivity index (χ1) is 10.1. The van der Waals surface area contributed by atoms with E-state index in [1.54, 1.807) is 13.0 Å². The molecule has 5 nitrogen and oxygen atoms in total. The number of nitrogens with zero attached hydrogens (tertiary/aromatic N) is 1. The van der Waals surface area contributed by atoms with Crippen molar-refractivity contribution in [2.45, 2.75) is 38.8 Å². The second-order valence-corrected chi connectivity index (χ2v) is 5.73. The first-order valence-electron chi connectivity index (χ1n) is 7.63. The number of aliphatic hydroxyl groups excluding tert-OH is 1. The Morgan fingerprint density at radius 1 is 1.33 bits per heavy atom. The number of carbonyl (C=O) groups is 1. The Balaban J connectivity index is 1.80. The van der Waals surface area contributed by atoms with E-state index in [0.29, 0.717) is 18.3 Å². The molecule has 1 saturated heterocycles. The minimum Gasteiger partial charge on any atom is -0.389 e. The second-order valence-electron chi connectivity index (χ2n) is 5.73. The highest BCUT2D eigenvalue weighted by Gasteiger charge is 2.18. The minimum atomic E-state index is -0.537. The normalized spacial score (nSPS) is 18.2. The molecule has 2 unspecified atom stereocenters. The Hall–Kier alpha value is -1.59. The van der Waals surface area contributed by atoms with Crippen LogP contribution in [0.3, 0.4) is 0 Å². The first kappa shape index (κ1) is 15.8. The third kappa shape index (κ3) is 4.72. The Labute approximate surface area is 126 Å². The average molecular weight is 291 g/mol. The molecule has 1 aromatic carbocycles. The lowest BCUT2D eigenvalue weighted by molar-refractivity contribution is 0.199. The first-order valence-corrected chi connectivity index (χ1v) is 7.63. The molecular formula is C16H25N3O2. The van der Waals surface area contributed by atoms with E-state index in [1.165, 1.54) is 12.8 Å². The number of urea groups is 1. The van der Waals surface area contributed by atoms with Gasteiger partial charge < -0.3 is 15.7 Å². The van der Waals surface area contributed by atoms with E-state index in [1.807, 2.05) is 18.2 Å². The lowest BCUT2D eigenvalue weighted by Gasteiger charge is -2.23. The van der Waals surface area contributed by atoms with Gasteiger partial charge in [0.2, 0.25) is 0 Å². The van der Waals surface area contributed by atoms with E-state index in [2.05, 4.69) is 22.5 Å². The van der Waals surface area contributed by atoms with Crippen LogP contribution in [0.15, 0.2) is 24.3 Å². The average Bonchev–Trinajstić information content (AvgIpc) is 2.99. The molecule has 3 N–H and O–H groups in total. The Morgan fingerprint density at radius 2 is 2.05 bits per heavy atom. The van der Waals surface area contributed by atoms with Crippen molar-refractivity contribution in [3.05, 3.63) is 29.8 Å². The number of nitrogens with one attached hydrogen (secondary N) is 2. The number of likely N-dealkylation sites (tertiary alicyclic amines) is 1. The predicted octanol–water partition coefficient (Wildman–Crippen LogP) is 2.35. The van der Waals surface area contributed by atoms with Crippen LogP contribution in [0, 0.1) is 0 Å². The highest BCUT2D eigenvalue weighted by molar-refractivity contribution is 5.89. The van der Waals surface area contributed by atoms with Crippen molar-refractivity contribution in [3.63, 3.8) is 0 Å². The number of hydrogen-bond acceptors (Lipinski definition) is 3. The van der Waals surface area contributed by atoms with Crippen LogP contribution in [0.2, 0.25) is 0 Å². The number of carbonyl (C=O) groups excluding carboxylic acids is 1. The van der Waals surface area contributed by atoms with Crippen molar-refractivity contribution < 1.29 is 9.90 Å². The fourth-order valence-electron chi connectivity index (χ4n) is 2.60. The van der Waals surface area contributed by atoms with E-state index < -0.39 is 6.10 Å². The number of amides is 2. The van der Waals surface area contributed by atoms with Gasteiger partial charge in [0, 0.05) is 18.3 Å². The van der Waals surface area contributed by atoms with E-state index in [0.717, 1.165) is 18.7 Å². The van der Waals surface area contributed by atoms with Gasteiger partial charge in [-0.1, -0.05) is 12.1 Å². The van der Waals surface area contributed by atoms with Crippen LogP contribution < -0.4 is 10.6 Å². The van der Waals surface area contributed by atoms with Crippen LogP contribution in [0.1, 0.15) is 38.4 Å². The highest BCUT2D eigenvalue weighted by atomic mass is 16.3. The van der Waals surface area contributed by atoms with Gasteiger partial charge in [-0.05, 0) is 57.5 Å². The number of aliphatic hydroxyl groups is 1. The summed E-state index contributed by atoms with van der Waals surface area (Å²) in [5, 5.41) is 15.3. The molecule has 2 rings (SSSR count). The zero-order valence-electron chi connectivity index (χ0n) is 12.8. The van der Waals surface area contributed by atoms with Gasteiger partial charge in [-0.3, -0.25) is 4.90 Å². The Kier molecular flexibility index (Phi) is 5.59. The van der Waals surface area contributed by atoms with Crippen molar-refractivity contribution in [3.8, 4) is 0 Å². The number of anilines is 1. The molecule has 0 aromatic heterocycles. The minimum absolute atomic E-state index is 0.205. The summed E-state index contributed by atoms with van der Waals surface area (Å²) < 4.78 is 0. The summed E-state index contributed by atoms with van der Waals surface area (Å²) in [4.78, 5) is 14.3. The maximum atomic E-state index is 11.9. The number of hydrogen-bond donors (Lipinski definition) is 3. The highest BCUT2D eigenvalue weighted by Crippen LogP contribution is 2.17. The predicted molar refractivity (Wildman–Crippen MR) is 84.4 cm³/mol. The van der Waals surface area contributed by atoms with Gasteiger partial charge in [0.1, 0.15) is 0 Å². The molecule has 0 saturated carbocycles. The molecule has 1 aliphatic rings. The molecule has 5 heteroatoms. The molecule has 1 heterocycles. The smallest absolute Gasteiger partial charge is 0.319 e. The van der Waals surface area contributed by atoms with Crippen LogP contribution in [0.4, 0.5) is 10.5 Å². The van der Waals surface area contributed by atoms with Gasteiger partial charge in [0.25, 0.3) is 0 Å². The third-order valence-corrected chi connectivity index (χ3v) is 3.95. The standard InChI is InChI=1S/C16H25N3O2/c1-12(19-8-3-4-9-19)11-17-16(21)18-15-7-5-6-14(10-15)13(2)20/h5-7,10,12-13,20H,3-4,8-9,11H2,1-2H3,(H2,17,18,21). The van der Waals surface area contributed by atoms with Crippen molar-refractivity contribution in [1.29, 1.82) is 0 Å². The van der Waals surface area contributed by atoms with Crippen molar-refractivity contribution >= 4 is 11.7 Å². The van der Waals surface area contributed by atoms with Crippen LogP contribution >= 0.6 is 0 Å². The van der Waals surface area contributed by atoms with Gasteiger partial charge in [-0.15, -0.1) is 0 Å². The van der Waals surface area contributed by atoms with Crippen molar-refractivity contribution in [2.24, 2.45) is 0 Å². The van der Waals surface area contributed by atoms with Crippen LogP contribution in [0.25, 0.3) is 0 Å². The van der Waals surface area contributed by atoms with E-state index >= 15 is 0 Å². The van der Waals surface area contributed by atoms with Crippen LogP contribution in [-0.2, 0) is 0 Å². The third-order valence-electron chi connectivity index (χ3n) is 3.95.